The highest BCUT2D eigenvalue weighted by atomic mass is 16.3. The van der Waals surface area contributed by atoms with Gasteiger partial charge >= 0.3 is 0 Å². The Morgan fingerprint density at radius 2 is 1.94 bits per heavy atom. The second-order valence-corrected chi connectivity index (χ2v) is 4.61. The van der Waals surface area contributed by atoms with E-state index in [9.17, 15) is 9.90 Å². The maximum absolute atomic E-state index is 11.6. The van der Waals surface area contributed by atoms with Crippen LogP contribution in [0.3, 0.4) is 0 Å². The molecule has 0 radical (unpaired) electrons. The average molecular weight is 219 g/mol. The molecular formula is C13H17NO2. The first kappa shape index (κ1) is 11.1. The number of anilines is 1. The molecule has 1 unspecified atom stereocenters. The maximum atomic E-state index is 11.6. The molecule has 1 aliphatic heterocycles. The number of rotatable bonds is 2. The summed E-state index contributed by atoms with van der Waals surface area (Å²) in [6, 6.07) is 7.98. The van der Waals surface area contributed by atoms with Crippen LogP contribution in [-0.2, 0) is 4.79 Å². The van der Waals surface area contributed by atoms with Gasteiger partial charge in [-0.3, -0.25) is 4.79 Å². The quantitative estimate of drug-likeness (QED) is 0.825. The number of nitrogens with zero attached hydrogens (tertiary/aromatic N) is 1. The third kappa shape index (κ3) is 2.09. The number of hydrogen-bond donors (Lipinski definition) is 1. The van der Waals surface area contributed by atoms with Crippen LogP contribution in [0.25, 0.3) is 0 Å². The molecule has 0 saturated carbocycles. The molecular weight excluding hydrogens is 202 g/mol. The molecule has 1 aromatic rings. The van der Waals surface area contributed by atoms with Crippen LogP contribution in [0.1, 0.15) is 31.7 Å². The first-order valence-corrected chi connectivity index (χ1v) is 5.66. The van der Waals surface area contributed by atoms with Crippen LogP contribution in [0, 0.1) is 0 Å². The molecule has 0 bridgehead atoms. The topological polar surface area (TPSA) is 40.5 Å². The fourth-order valence-electron chi connectivity index (χ4n) is 1.98. The Labute approximate surface area is 95.7 Å². The minimum Gasteiger partial charge on any atom is -0.391 e. The number of carbonyl (C=O) groups excluding carboxylic acids is 1. The van der Waals surface area contributed by atoms with E-state index in [1.165, 1.54) is 5.56 Å². The van der Waals surface area contributed by atoms with Gasteiger partial charge in [0, 0.05) is 5.69 Å². The zero-order chi connectivity index (χ0) is 11.7. The van der Waals surface area contributed by atoms with Gasteiger partial charge in [0.25, 0.3) is 0 Å². The predicted octanol–water partition coefficient (Wildman–Crippen LogP) is 1.91. The van der Waals surface area contributed by atoms with E-state index in [-0.39, 0.29) is 12.3 Å². The van der Waals surface area contributed by atoms with Gasteiger partial charge in [0.1, 0.15) is 0 Å². The van der Waals surface area contributed by atoms with Crippen molar-refractivity contribution in [3.8, 4) is 0 Å². The van der Waals surface area contributed by atoms with E-state index in [0.717, 1.165) is 5.69 Å². The molecule has 1 aromatic carbocycles. The fourth-order valence-corrected chi connectivity index (χ4v) is 1.98. The van der Waals surface area contributed by atoms with Crippen LogP contribution in [0.4, 0.5) is 5.69 Å². The van der Waals surface area contributed by atoms with Gasteiger partial charge in [-0.25, -0.2) is 0 Å². The Morgan fingerprint density at radius 1 is 1.31 bits per heavy atom. The van der Waals surface area contributed by atoms with E-state index in [1.807, 2.05) is 24.3 Å². The Morgan fingerprint density at radius 3 is 2.38 bits per heavy atom. The van der Waals surface area contributed by atoms with Crippen LogP contribution in [-0.4, -0.2) is 23.7 Å². The van der Waals surface area contributed by atoms with E-state index in [0.29, 0.717) is 12.5 Å². The van der Waals surface area contributed by atoms with E-state index in [4.69, 9.17) is 0 Å². The minimum atomic E-state index is -0.516. The molecule has 1 saturated heterocycles. The lowest BCUT2D eigenvalue weighted by atomic mass is 10.0. The average Bonchev–Trinajstić information content (AvgIpc) is 2.58. The van der Waals surface area contributed by atoms with Crippen LogP contribution in [0.2, 0.25) is 0 Å². The highest BCUT2D eigenvalue weighted by Gasteiger charge is 2.28. The predicted molar refractivity (Wildman–Crippen MR) is 63.5 cm³/mol. The molecule has 0 spiro atoms. The summed E-state index contributed by atoms with van der Waals surface area (Å²) in [6.07, 6.45) is -0.274. The third-order valence-corrected chi connectivity index (χ3v) is 2.98. The molecule has 1 heterocycles. The molecule has 86 valence electrons. The number of carbonyl (C=O) groups is 1. The SMILES string of the molecule is CC(C)c1ccc(N2CC(O)CC2=O)cc1. The number of aliphatic hydroxyl groups excluding tert-OH is 1. The van der Waals surface area contributed by atoms with Gasteiger partial charge in [0.15, 0.2) is 0 Å². The van der Waals surface area contributed by atoms with Gasteiger partial charge in [-0.15, -0.1) is 0 Å². The van der Waals surface area contributed by atoms with Crippen LogP contribution >= 0.6 is 0 Å². The lowest BCUT2D eigenvalue weighted by Crippen LogP contribution is -2.25. The summed E-state index contributed by atoms with van der Waals surface area (Å²) in [4.78, 5) is 13.2. The Balaban J connectivity index is 2.19. The molecule has 1 aliphatic rings. The first-order valence-electron chi connectivity index (χ1n) is 5.66. The van der Waals surface area contributed by atoms with Gasteiger partial charge < -0.3 is 10.0 Å². The summed E-state index contributed by atoms with van der Waals surface area (Å²) in [5.41, 5.74) is 2.14. The molecule has 3 heteroatoms. The molecule has 3 nitrogen and oxygen atoms in total. The first-order chi connectivity index (χ1) is 7.58. The van der Waals surface area contributed by atoms with E-state index in [2.05, 4.69) is 13.8 Å². The van der Waals surface area contributed by atoms with Crippen molar-refractivity contribution in [3.05, 3.63) is 29.8 Å². The number of aliphatic hydroxyl groups is 1. The lowest BCUT2D eigenvalue weighted by Gasteiger charge is -2.16. The standard InChI is InChI=1S/C13H17NO2/c1-9(2)10-3-5-11(6-4-10)14-8-12(15)7-13(14)16/h3-6,9,12,15H,7-8H2,1-2H3. The summed E-state index contributed by atoms with van der Waals surface area (Å²) in [6.45, 7) is 4.69. The smallest absolute Gasteiger partial charge is 0.229 e. The second-order valence-electron chi connectivity index (χ2n) is 4.61. The van der Waals surface area contributed by atoms with Crippen molar-refractivity contribution in [2.75, 3.05) is 11.4 Å². The van der Waals surface area contributed by atoms with Crippen molar-refractivity contribution in [3.63, 3.8) is 0 Å². The summed E-state index contributed by atoms with van der Waals surface area (Å²) in [5, 5.41) is 9.41. The van der Waals surface area contributed by atoms with E-state index in [1.54, 1.807) is 4.90 Å². The van der Waals surface area contributed by atoms with Gasteiger partial charge in [0.2, 0.25) is 5.91 Å². The Bertz CT molecular complexity index is 383. The lowest BCUT2D eigenvalue weighted by molar-refractivity contribution is -0.117. The number of hydrogen-bond acceptors (Lipinski definition) is 2. The van der Waals surface area contributed by atoms with Crippen molar-refractivity contribution in [1.82, 2.24) is 0 Å². The molecule has 2 rings (SSSR count). The van der Waals surface area contributed by atoms with Crippen LogP contribution in [0.5, 0.6) is 0 Å². The molecule has 0 aliphatic carbocycles. The van der Waals surface area contributed by atoms with Crippen LogP contribution in [0.15, 0.2) is 24.3 Å². The number of amides is 1. The molecule has 1 atom stereocenters. The number of β-amino-alcohol motifs (C(OH)–C–C–N with tert-alkyl or cyclic N) is 1. The highest BCUT2D eigenvalue weighted by molar-refractivity contribution is 5.96. The molecule has 0 aromatic heterocycles. The third-order valence-electron chi connectivity index (χ3n) is 2.98. The zero-order valence-corrected chi connectivity index (χ0v) is 9.68. The fraction of sp³-hybridized carbons (Fsp3) is 0.462. The van der Waals surface area contributed by atoms with E-state index < -0.39 is 6.10 Å². The van der Waals surface area contributed by atoms with Crippen LogP contribution < -0.4 is 4.90 Å². The zero-order valence-electron chi connectivity index (χ0n) is 9.68. The highest BCUT2D eigenvalue weighted by Crippen LogP contribution is 2.24. The van der Waals surface area contributed by atoms with Crippen molar-refractivity contribution < 1.29 is 9.90 Å². The summed E-state index contributed by atoms with van der Waals surface area (Å²) in [5.74, 6) is 0.499. The summed E-state index contributed by atoms with van der Waals surface area (Å²) < 4.78 is 0. The summed E-state index contributed by atoms with van der Waals surface area (Å²) in [7, 11) is 0. The normalized spacial score (nSPS) is 20.9. The largest absolute Gasteiger partial charge is 0.391 e. The van der Waals surface area contributed by atoms with Crippen molar-refractivity contribution in [1.29, 1.82) is 0 Å². The minimum absolute atomic E-state index is 0.00444. The van der Waals surface area contributed by atoms with Crippen molar-refractivity contribution in [2.45, 2.75) is 32.3 Å². The van der Waals surface area contributed by atoms with Gasteiger partial charge in [-0.05, 0) is 23.6 Å². The van der Waals surface area contributed by atoms with Crippen molar-refractivity contribution >= 4 is 11.6 Å². The van der Waals surface area contributed by atoms with Gasteiger partial charge in [0.05, 0.1) is 19.1 Å². The molecule has 1 N–H and O–H groups in total. The van der Waals surface area contributed by atoms with Gasteiger partial charge in [-0.1, -0.05) is 26.0 Å². The molecule has 1 amide bonds. The maximum Gasteiger partial charge on any atom is 0.229 e. The Kier molecular flexibility index (Phi) is 2.97. The second kappa shape index (κ2) is 4.26. The van der Waals surface area contributed by atoms with E-state index >= 15 is 0 Å². The molecule has 16 heavy (non-hydrogen) atoms. The number of benzene rings is 1. The molecule has 1 fully saturated rings. The Hall–Kier alpha value is -1.35. The van der Waals surface area contributed by atoms with Gasteiger partial charge in [-0.2, -0.15) is 0 Å². The monoisotopic (exact) mass is 219 g/mol. The summed E-state index contributed by atoms with van der Waals surface area (Å²) >= 11 is 0. The van der Waals surface area contributed by atoms with Crippen molar-refractivity contribution in [2.24, 2.45) is 0 Å².